The van der Waals surface area contributed by atoms with Gasteiger partial charge in [0.2, 0.25) is 11.9 Å². The molecule has 2 aromatic rings. The molecule has 6 nitrogen and oxygen atoms in total. The fraction of sp³-hybridized carbons (Fsp3) is 0.154. The summed E-state index contributed by atoms with van der Waals surface area (Å²) in [5.74, 6) is -0.0812. The normalized spacial score (nSPS) is 11.8. The van der Waals surface area contributed by atoms with Crippen molar-refractivity contribution in [3.05, 3.63) is 48.8 Å². The summed E-state index contributed by atoms with van der Waals surface area (Å²) in [7, 11) is 0. The molecule has 1 atom stereocenters. The summed E-state index contributed by atoms with van der Waals surface area (Å²) in [5.41, 5.74) is 11.8. The van der Waals surface area contributed by atoms with Crippen LogP contribution in [0, 0.1) is 0 Å². The van der Waals surface area contributed by atoms with E-state index in [9.17, 15) is 4.79 Å². The van der Waals surface area contributed by atoms with E-state index in [-0.39, 0.29) is 6.54 Å². The molecule has 0 bridgehead atoms. The molecule has 1 aromatic heterocycles. The molecule has 0 saturated heterocycles. The maximum atomic E-state index is 11.1. The van der Waals surface area contributed by atoms with Gasteiger partial charge in [-0.15, -0.1) is 0 Å². The highest BCUT2D eigenvalue weighted by atomic mass is 16.1. The van der Waals surface area contributed by atoms with E-state index in [0.29, 0.717) is 5.95 Å². The number of primary amides is 1. The fourth-order valence-corrected chi connectivity index (χ4v) is 1.63. The molecule has 6 heteroatoms. The molecule has 0 aliphatic heterocycles. The van der Waals surface area contributed by atoms with Crippen LogP contribution in [0.2, 0.25) is 0 Å². The summed E-state index contributed by atoms with van der Waals surface area (Å²) < 4.78 is 0. The van der Waals surface area contributed by atoms with Crippen molar-refractivity contribution < 1.29 is 4.79 Å². The smallest absolute Gasteiger partial charge is 0.236 e. The Morgan fingerprint density at radius 2 is 1.79 bits per heavy atom. The van der Waals surface area contributed by atoms with Gasteiger partial charge in [-0.05, 0) is 18.2 Å². The predicted molar refractivity (Wildman–Crippen MR) is 72.6 cm³/mol. The van der Waals surface area contributed by atoms with Gasteiger partial charge in [-0.3, -0.25) is 4.79 Å². The molecule has 0 fully saturated rings. The van der Waals surface area contributed by atoms with Crippen LogP contribution in [0.1, 0.15) is 0 Å². The lowest BCUT2D eigenvalue weighted by atomic mass is 10.2. The molecule has 0 saturated carbocycles. The summed E-state index contributed by atoms with van der Waals surface area (Å²) >= 11 is 0. The first-order chi connectivity index (χ1) is 9.18. The SMILES string of the molecule is NC(=O)[C@H](N)CN(c1ccccc1)c1ncccn1. The second kappa shape index (κ2) is 5.92. The topological polar surface area (TPSA) is 98.1 Å². The zero-order chi connectivity index (χ0) is 13.7. The molecule has 0 aliphatic rings. The number of amides is 1. The van der Waals surface area contributed by atoms with Gasteiger partial charge in [0, 0.05) is 18.1 Å². The largest absolute Gasteiger partial charge is 0.368 e. The average molecular weight is 257 g/mol. The fourth-order valence-electron chi connectivity index (χ4n) is 1.63. The van der Waals surface area contributed by atoms with Crippen LogP contribution in [0.4, 0.5) is 11.6 Å². The molecule has 0 unspecified atom stereocenters. The first-order valence-electron chi connectivity index (χ1n) is 5.83. The lowest BCUT2D eigenvalue weighted by molar-refractivity contribution is -0.119. The van der Waals surface area contributed by atoms with E-state index in [1.165, 1.54) is 0 Å². The Kier molecular flexibility index (Phi) is 4.04. The lowest BCUT2D eigenvalue weighted by Gasteiger charge is -2.24. The maximum Gasteiger partial charge on any atom is 0.236 e. The summed E-state index contributed by atoms with van der Waals surface area (Å²) in [6.07, 6.45) is 3.27. The molecule has 0 aliphatic carbocycles. The summed E-state index contributed by atoms with van der Waals surface area (Å²) in [4.78, 5) is 21.2. The highest BCUT2D eigenvalue weighted by molar-refractivity contribution is 5.80. The maximum absolute atomic E-state index is 11.1. The van der Waals surface area contributed by atoms with E-state index in [4.69, 9.17) is 11.5 Å². The molecule has 0 radical (unpaired) electrons. The van der Waals surface area contributed by atoms with Gasteiger partial charge in [-0.1, -0.05) is 18.2 Å². The van der Waals surface area contributed by atoms with Crippen LogP contribution in [0.15, 0.2) is 48.8 Å². The third kappa shape index (κ3) is 3.26. The zero-order valence-corrected chi connectivity index (χ0v) is 10.3. The highest BCUT2D eigenvalue weighted by Crippen LogP contribution is 2.20. The van der Waals surface area contributed by atoms with Crippen molar-refractivity contribution in [3.8, 4) is 0 Å². The van der Waals surface area contributed by atoms with E-state index in [0.717, 1.165) is 5.69 Å². The van der Waals surface area contributed by atoms with Gasteiger partial charge in [0.15, 0.2) is 0 Å². The summed E-state index contributed by atoms with van der Waals surface area (Å²) in [5, 5.41) is 0. The molecule has 98 valence electrons. The molecule has 0 spiro atoms. The number of carbonyl (C=O) groups is 1. The number of anilines is 2. The molecule has 1 aromatic carbocycles. The second-order valence-electron chi connectivity index (χ2n) is 4.00. The molecular formula is C13H15N5O. The van der Waals surface area contributed by atoms with Crippen molar-refractivity contribution in [2.24, 2.45) is 11.5 Å². The van der Waals surface area contributed by atoms with Crippen molar-refractivity contribution in [1.29, 1.82) is 0 Å². The van der Waals surface area contributed by atoms with E-state index < -0.39 is 11.9 Å². The van der Waals surface area contributed by atoms with Crippen molar-refractivity contribution in [2.75, 3.05) is 11.4 Å². The number of nitrogens with zero attached hydrogens (tertiary/aromatic N) is 3. The van der Waals surface area contributed by atoms with Gasteiger partial charge in [0.05, 0.1) is 6.54 Å². The number of aromatic nitrogens is 2. The lowest BCUT2D eigenvalue weighted by Crippen LogP contribution is -2.45. The Hall–Kier alpha value is -2.47. The monoisotopic (exact) mass is 257 g/mol. The minimum absolute atomic E-state index is 0.226. The van der Waals surface area contributed by atoms with Gasteiger partial charge in [-0.2, -0.15) is 0 Å². The van der Waals surface area contributed by atoms with Crippen molar-refractivity contribution in [3.63, 3.8) is 0 Å². The summed E-state index contributed by atoms with van der Waals surface area (Å²) in [6, 6.07) is 10.4. The van der Waals surface area contributed by atoms with Gasteiger partial charge in [0.25, 0.3) is 0 Å². The number of carbonyl (C=O) groups excluding carboxylic acids is 1. The Morgan fingerprint density at radius 3 is 2.37 bits per heavy atom. The average Bonchev–Trinajstić information content (AvgIpc) is 2.46. The van der Waals surface area contributed by atoms with E-state index in [1.807, 2.05) is 30.3 Å². The Bertz CT molecular complexity index is 492. The third-order valence-corrected chi connectivity index (χ3v) is 2.61. The van der Waals surface area contributed by atoms with Gasteiger partial charge >= 0.3 is 0 Å². The van der Waals surface area contributed by atoms with Crippen molar-refractivity contribution >= 4 is 17.5 Å². The molecule has 1 amide bonds. The first-order valence-corrected chi connectivity index (χ1v) is 5.83. The molecule has 4 N–H and O–H groups in total. The van der Waals surface area contributed by atoms with Crippen LogP contribution in [0.5, 0.6) is 0 Å². The quantitative estimate of drug-likeness (QED) is 0.809. The summed E-state index contributed by atoms with van der Waals surface area (Å²) in [6.45, 7) is 0.226. The third-order valence-electron chi connectivity index (χ3n) is 2.61. The van der Waals surface area contributed by atoms with Crippen molar-refractivity contribution in [2.45, 2.75) is 6.04 Å². The van der Waals surface area contributed by atoms with Crippen LogP contribution in [0.25, 0.3) is 0 Å². The Balaban J connectivity index is 2.32. The molecule has 1 heterocycles. The first kappa shape index (κ1) is 13.0. The second-order valence-corrected chi connectivity index (χ2v) is 4.00. The van der Waals surface area contributed by atoms with Crippen LogP contribution < -0.4 is 16.4 Å². The van der Waals surface area contributed by atoms with Gasteiger partial charge in [-0.25, -0.2) is 9.97 Å². The minimum Gasteiger partial charge on any atom is -0.368 e. The van der Waals surface area contributed by atoms with Gasteiger partial charge < -0.3 is 16.4 Å². The molecule has 2 rings (SSSR count). The number of para-hydroxylation sites is 1. The van der Waals surface area contributed by atoms with Gasteiger partial charge in [0.1, 0.15) is 6.04 Å². The van der Waals surface area contributed by atoms with Crippen molar-refractivity contribution in [1.82, 2.24) is 9.97 Å². The number of hydrogen-bond donors (Lipinski definition) is 2. The van der Waals surface area contributed by atoms with E-state index in [1.54, 1.807) is 23.4 Å². The zero-order valence-electron chi connectivity index (χ0n) is 10.3. The number of rotatable bonds is 5. The Labute approximate surface area is 111 Å². The number of nitrogens with two attached hydrogens (primary N) is 2. The molecule has 19 heavy (non-hydrogen) atoms. The Morgan fingerprint density at radius 1 is 1.16 bits per heavy atom. The number of hydrogen-bond acceptors (Lipinski definition) is 5. The predicted octanol–water partition coefficient (Wildman–Crippen LogP) is 0.427. The van der Waals surface area contributed by atoms with Crippen LogP contribution >= 0.6 is 0 Å². The minimum atomic E-state index is -0.788. The standard InChI is InChI=1S/C13H15N5O/c14-11(12(15)19)9-18(10-5-2-1-3-6-10)13-16-7-4-8-17-13/h1-8,11H,9,14H2,(H2,15,19)/t11-/m1/s1. The van der Waals surface area contributed by atoms with Crippen LogP contribution in [-0.2, 0) is 4.79 Å². The number of benzene rings is 1. The van der Waals surface area contributed by atoms with E-state index >= 15 is 0 Å². The van der Waals surface area contributed by atoms with E-state index in [2.05, 4.69) is 9.97 Å². The highest BCUT2D eigenvalue weighted by Gasteiger charge is 2.18. The van der Waals surface area contributed by atoms with Crippen LogP contribution in [0.3, 0.4) is 0 Å². The van der Waals surface area contributed by atoms with Crippen LogP contribution in [-0.4, -0.2) is 28.5 Å². The molecular weight excluding hydrogens is 242 g/mol.